The van der Waals surface area contributed by atoms with Crippen LogP contribution in [0.4, 0.5) is 5.82 Å². The number of nitrogen functional groups attached to an aromatic ring is 1. The summed E-state index contributed by atoms with van der Waals surface area (Å²) in [6.07, 6.45) is 1.15. The van der Waals surface area contributed by atoms with Crippen molar-refractivity contribution in [2.24, 2.45) is 0 Å². The van der Waals surface area contributed by atoms with Gasteiger partial charge < -0.3 is 15.0 Å². The Balaban J connectivity index is 2.69. The Kier molecular flexibility index (Phi) is 5.41. The quantitative estimate of drug-likeness (QED) is 0.764. The largest absolute Gasteiger partial charge is 0.382 e. The van der Waals surface area contributed by atoms with E-state index in [9.17, 15) is 8.42 Å². The van der Waals surface area contributed by atoms with Crippen LogP contribution in [0.15, 0.2) is 0 Å². The summed E-state index contributed by atoms with van der Waals surface area (Å²) in [6, 6.07) is 0. The Labute approximate surface area is 148 Å². The molecule has 25 heavy (non-hydrogen) atoms. The third kappa shape index (κ3) is 4.10. The molecule has 9 heteroatoms. The average molecular weight is 369 g/mol. The van der Waals surface area contributed by atoms with E-state index in [-0.39, 0.29) is 6.54 Å². The molecule has 0 radical (unpaired) electrons. The molecule has 8 nitrogen and oxygen atoms in total. The molecule has 0 aliphatic rings. The predicted molar refractivity (Wildman–Crippen MR) is 98.9 cm³/mol. The molecule has 0 spiro atoms. The van der Waals surface area contributed by atoms with Gasteiger partial charge in [0, 0.05) is 18.8 Å². The van der Waals surface area contributed by atoms with E-state index in [0.717, 1.165) is 23.0 Å². The summed E-state index contributed by atoms with van der Waals surface area (Å²) in [5, 5.41) is 0. The van der Waals surface area contributed by atoms with Crippen LogP contribution in [0.25, 0.3) is 11.0 Å². The van der Waals surface area contributed by atoms with Crippen LogP contribution in [0.1, 0.15) is 37.9 Å². The van der Waals surface area contributed by atoms with E-state index in [1.54, 1.807) is 0 Å². The van der Waals surface area contributed by atoms with Crippen LogP contribution in [0.5, 0.6) is 0 Å². The minimum absolute atomic E-state index is 0.219. The summed E-state index contributed by atoms with van der Waals surface area (Å²) in [4.78, 5) is 8.99. The number of fused-ring (bicyclic) bond motifs is 1. The third-order valence-electron chi connectivity index (χ3n) is 4.18. The number of hydrogen-bond acceptors (Lipinski definition) is 6. The Hall–Kier alpha value is -1.71. The van der Waals surface area contributed by atoms with Gasteiger partial charge in [-0.3, -0.25) is 0 Å². The topological polar surface area (TPSA) is 112 Å². The van der Waals surface area contributed by atoms with Gasteiger partial charge in [0.1, 0.15) is 17.9 Å². The average Bonchev–Trinajstić information content (AvgIpc) is 2.89. The van der Waals surface area contributed by atoms with Crippen LogP contribution >= 0.6 is 0 Å². The van der Waals surface area contributed by atoms with Crippen molar-refractivity contribution in [2.45, 2.75) is 46.8 Å². The summed E-state index contributed by atoms with van der Waals surface area (Å²) in [6.45, 7) is 10.8. The number of imidazole rings is 1. The highest BCUT2D eigenvalue weighted by Gasteiger charge is 2.29. The molecule has 3 N–H and O–H groups in total. The van der Waals surface area contributed by atoms with Crippen molar-refractivity contribution in [3.8, 4) is 0 Å². The van der Waals surface area contributed by atoms with Crippen molar-refractivity contribution in [3.63, 3.8) is 0 Å². The monoisotopic (exact) mass is 369 g/mol. The van der Waals surface area contributed by atoms with Gasteiger partial charge in [0.15, 0.2) is 5.82 Å². The molecule has 2 rings (SSSR count). The van der Waals surface area contributed by atoms with Crippen LogP contribution in [-0.2, 0) is 26.9 Å². The number of anilines is 1. The number of ether oxygens (including phenoxy) is 1. The second-order valence-electron chi connectivity index (χ2n) is 6.81. The maximum Gasteiger partial charge on any atom is 0.208 e. The Morgan fingerprint density at radius 1 is 1.28 bits per heavy atom. The van der Waals surface area contributed by atoms with Gasteiger partial charge >= 0.3 is 0 Å². The van der Waals surface area contributed by atoms with Gasteiger partial charge in [0.05, 0.1) is 17.3 Å². The first-order chi connectivity index (χ1) is 11.5. The van der Waals surface area contributed by atoms with Crippen LogP contribution in [0.2, 0.25) is 0 Å². The van der Waals surface area contributed by atoms with Gasteiger partial charge in [0.2, 0.25) is 10.0 Å². The molecule has 2 heterocycles. The fourth-order valence-corrected chi connectivity index (χ4v) is 3.42. The molecule has 0 aliphatic carbocycles. The van der Waals surface area contributed by atoms with Crippen molar-refractivity contribution in [1.29, 1.82) is 0 Å². The summed E-state index contributed by atoms with van der Waals surface area (Å²) < 4.78 is 33.3. The third-order valence-corrected chi connectivity index (χ3v) is 4.85. The van der Waals surface area contributed by atoms with Crippen molar-refractivity contribution >= 4 is 26.9 Å². The van der Waals surface area contributed by atoms with Crippen molar-refractivity contribution < 1.29 is 13.2 Å². The first-order valence-corrected chi connectivity index (χ1v) is 10.0. The first kappa shape index (κ1) is 19.6. The van der Waals surface area contributed by atoms with Gasteiger partial charge in [-0.2, -0.15) is 0 Å². The molecule has 2 aromatic rings. The minimum Gasteiger partial charge on any atom is -0.382 e. The molecule has 0 fully saturated rings. The SMILES string of the molecule is CCOCc1nc2c(N)nc(C)c(C)c2n1C(C)(C)CNS(C)(=O)=O. The molecule has 140 valence electrons. The zero-order valence-corrected chi connectivity index (χ0v) is 16.5. The number of nitrogens with zero attached hydrogens (tertiary/aromatic N) is 3. The number of nitrogens with two attached hydrogens (primary N) is 1. The maximum absolute atomic E-state index is 11.6. The Morgan fingerprint density at radius 3 is 2.48 bits per heavy atom. The number of nitrogens with one attached hydrogen (secondary N) is 1. The lowest BCUT2D eigenvalue weighted by Gasteiger charge is -2.30. The van der Waals surface area contributed by atoms with E-state index in [4.69, 9.17) is 10.5 Å². The van der Waals surface area contributed by atoms with Crippen LogP contribution < -0.4 is 10.5 Å². The molecule has 0 saturated carbocycles. The van der Waals surface area contributed by atoms with Gasteiger partial charge in [-0.05, 0) is 40.2 Å². The Bertz CT molecular complexity index is 887. The van der Waals surface area contributed by atoms with E-state index in [2.05, 4.69) is 14.7 Å². The second kappa shape index (κ2) is 6.89. The van der Waals surface area contributed by atoms with Crippen LogP contribution in [0.3, 0.4) is 0 Å². The molecule has 0 aromatic carbocycles. The predicted octanol–water partition coefficient (Wildman–Crippen LogP) is 1.45. The highest BCUT2D eigenvalue weighted by molar-refractivity contribution is 7.88. The number of aromatic nitrogens is 3. The van der Waals surface area contributed by atoms with Crippen molar-refractivity contribution in [3.05, 3.63) is 17.1 Å². The maximum atomic E-state index is 11.6. The fraction of sp³-hybridized carbons (Fsp3) is 0.625. The van der Waals surface area contributed by atoms with Gasteiger partial charge in [-0.1, -0.05) is 0 Å². The number of pyridine rings is 1. The normalized spacial score (nSPS) is 12.9. The van der Waals surface area contributed by atoms with E-state index in [1.807, 2.05) is 39.2 Å². The lowest BCUT2D eigenvalue weighted by atomic mass is 10.0. The molecule has 0 saturated heterocycles. The van der Waals surface area contributed by atoms with Crippen molar-refractivity contribution in [1.82, 2.24) is 19.3 Å². The van der Waals surface area contributed by atoms with Crippen LogP contribution in [0, 0.1) is 13.8 Å². The molecular formula is C16H27N5O3S. The number of sulfonamides is 1. The molecule has 2 aromatic heterocycles. The van der Waals surface area contributed by atoms with Crippen molar-refractivity contribution in [2.75, 3.05) is 25.1 Å². The lowest BCUT2D eigenvalue weighted by Crippen LogP contribution is -2.41. The summed E-state index contributed by atoms with van der Waals surface area (Å²) in [5.41, 5.74) is 8.77. The zero-order chi connectivity index (χ0) is 19.0. The van der Waals surface area contributed by atoms with E-state index < -0.39 is 15.6 Å². The number of aryl methyl sites for hydroxylation is 2. The van der Waals surface area contributed by atoms with E-state index in [0.29, 0.717) is 30.4 Å². The standard InChI is InChI=1S/C16H27N5O3S/c1-7-24-8-12-20-13-14(10(2)11(3)19-15(13)17)21(12)16(4,5)9-18-25(6,22)23/h18H,7-9H2,1-6H3,(H2,17,19). The summed E-state index contributed by atoms with van der Waals surface area (Å²) in [7, 11) is -3.31. The lowest BCUT2D eigenvalue weighted by molar-refractivity contribution is 0.122. The zero-order valence-electron chi connectivity index (χ0n) is 15.7. The Morgan fingerprint density at radius 2 is 1.92 bits per heavy atom. The van der Waals surface area contributed by atoms with E-state index in [1.165, 1.54) is 0 Å². The number of rotatable bonds is 7. The highest BCUT2D eigenvalue weighted by atomic mass is 32.2. The van der Waals surface area contributed by atoms with Crippen LogP contribution in [-0.4, -0.2) is 42.4 Å². The summed E-state index contributed by atoms with van der Waals surface area (Å²) in [5.74, 6) is 1.06. The molecule has 0 atom stereocenters. The molecule has 0 bridgehead atoms. The smallest absolute Gasteiger partial charge is 0.208 e. The first-order valence-electron chi connectivity index (χ1n) is 8.14. The molecule has 0 amide bonds. The summed E-state index contributed by atoms with van der Waals surface area (Å²) >= 11 is 0. The van der Waals surface area contributed by atoms with E-state index >= 15 is 0 Å². The second-order valence-corrected chi connectivity index (χ2v) is 8.64. The highest BCUT2D eigenvalue weighted by Crippen LogP contribution is 2.31. The molecule has 0 aliphatic heterocycles. The minimum atomic E-state index is -3.31. The molecule has 0 unspecified atom stereocenters. The fourth-order valence-electron chi connectivity index (χ4n) is 2.81. The number of hydrogen-bond donors (Lipinski definition) is 2. The van der Waals surface area contributed by atoms with Gasteiger partial charge in [-0.15, -0.1) is 0 Å². The molecular weight excluding hydrogens is 342 g/mol. The van der Waals surface area contributed by atoms with Gasteiger partial charge in [0.25, 0.3) is 0 Å². The van der Waals surface area contributed by atoms with Gasteiger partial charge in [-0.25, -0.2) is 23.1 Å².